The SMILES string of the molecule is CC.CCC(CC)CNC(C)=O. The minimum absolute atomic E-state index is 0.0758. The highest BCUT2D eigenvalue weighted by Crippen LogP contribution is 2.04. The molecule has 0 aliphatic heterocycles. The molecule has 0 atom stereocenters. The highest BCUT2D eigenvalue weighted by molar-refractivity contribution is 5.72. The van der Waals surface area contributed by atoms with Gasteiger partial charge in [-0.3, -0.25) is 4.79 Å². The summed E-state index contributed by atoms with van der Waals surface area (Å²) in [5.41, 5.74) is 0. The highest BCUT2D eigenvalue weighted by Gasteiger charge is 2.02. The van der Waals surface area contributed by atoms with Crippen molar-refractivity contribution in [2.75, 3.05) is 6.54 Å². The van der Waals surface area contributed by atoms with Crippen LogP contribution in [0.15, 0.2) is 0 Å². The zero-order valence-corrected chi connectivity index (χ0v) is 9.11. The van der Waals surface area contributed by atoms with Crippen LogP contribution in [0, 0.1) is 5.92 Å². The van der Waals surface area contributed by atoms with Crippen molar-refractivity contribution in [1.82, 2.24) is 5.32 Å². The number of hydrogen-bond acceptors (Lipinski definition) is 1. The molecule has 2 heteroatoms. The molecule has 0 heterocycles. The smallest absolute Gasteiger partial charge is 0.216 e. The van der Waals surface area contributed by atoms with Crippen LogP contribution < -0.4 is 5.32 Å². The van der Waals surface area contributed by atoms with Gasteiger partial charge in [0.2, 0.25) is 5.91 Å². The first-order valence-electron chi connectivity index (χ1n) is 4.95. The first-order chi connectivity index (χ1) is 5.70. The molecule has 0 aromatic rings. The zero-order valence-electron chi connectivity index (χ0n) is 9.11. The number of carbonyl (C=O) groups is 1. The molecule has 1 amide bonds. The van der Waals surface area contributed by atoms with E-state index in [0.717, 1.165) is 19.4 Å². The molecule has 0 aliphatic rings. The third-order valence-electron chi connectivity index (χ3n) is 1.79. The van der Waals surface area contributed by atoms with Gasteiger partial charge >= 0.3 is 0 Å². The lowest BCUT2D eigenvalue weighted by Crippen LogP contribution is -2.26. The Morgan fingerprint density at radius 1 is 1.25 bits per heavy atom. The molecule has 0 bridgehead atoms. The number of hydrogen-bond donors (Lipinski definition) is 1. The molecule has 0 rings (SSSR count). The van der Waals surface area contributed by atoms with E-state index < -0.39 is 0 Å². The summed E-state index contributed by atoms with van der Waals surface area (Å²) in [5, 5.41) is 2.81. The maximum absolute atomic E-state index is 10.5. The van der Waals surface area contributed by atoms with Gasteiger partial charge in [-0.15, -0.1) is 0 Å². The van der Waals surface area contributed by atoms with Crippen molar-refractivity contribution in [1.29, 1.82) is 0 Å². The van der Waals surface area contributed by atoms with Crippen LogP contribution in [0.2, 0.25) is 0 Å². The fourth-order valence-electron chi connectivity index (χ4n) is 0.865. The van der Waals surface area contributed by atoms with Crippen molar-refractivity contribution >= 4 is 5.91 Å². The van der Waals surface area contributed by atoms with Gasteiger partial charge in [-0.05, 0) is 5.92 Å². The van der Waals surface area contributed by atoms with Gasteiger partial charge in [0, 0.05) is 13.5 Å². The van der Waals surface area contributed by atoms with Crippen molar-refractivity contribution in [3.8, 4) is 0 Å². The molecule has 0 saturated heterocycles. The fraction of sp³-hybridized carbons (Fsp3) is 0.900. The van der Waals surface area contributed by atoms with Gasteiger partial charge in [0.05, 0.1) is 0 Å². The second kappa shape index (κ2) is 10.5. The number of nitrogens with one attached hydrogen (secondary N) is 1. The van der Waals surface area contributed by atoms with Gasteiger partial charge in [0.15, 0.2) is 0 Å². The number of rotatable bonds is 4. The molecule has 0 radical (unpaired) electrons. The monoisotopic (exact) mass is 173 g/mol. The molecular formula is C10H23NO. The first-order valence-corrected chi connectivity index (χ1v) is 4.95. The van der Waals surface area contributed by atoms with Crippen LogP contribution in [0.3, 0.4) is 0 Å². The van der Waals surface area contributed by atoms with Gasteiger partial charge < -0.3 is 5.32 Å². The van der Waals surface area contributed by atoms with Crippen LogP contribution >= 0.6 is 0 Å². The average Bonchev–Trinajstić information content (AvgIpc) is 2.09. The molecule has 0 saturated carbocycles. The Bertz CT molecular complexity index is 98.0. The quantitative estimate of drug-likeness (QED) is 0.695. The summed E-state index contributed by atoms with van der Waals surface area (Å²) in [4.78, 5) is 10.5. The largest absolute Gasteiger partial charge is 0.356 e. The topological polar surface area (TPSA) is 29.1 Å². The van der Waals surface area contributed by atoms with Crippen LogP contribution in [-0.2, 0) is 4.79 Å². The van der Waals surface area contributed by atoms with Crippen molar-refractivity contribution < 1.29 is 4.79 Å². The minimum Gasteiger partial charge on any atom is -0.356 e. The van der Waals surface area contributed by atoms with E-state index in [1.54, 1.807) is 6.92 Å². The van der Waals surface area contributed by atoms with Gasteiger partial charge in [0.25, 0.3) is 0 Å². The van der Waals surface area contributed by atoms with Crippen LogP contribution in [0.4, 0.5) is 0 Å². The third kappa shape index (κ3) is 9.47. The summed E-state index contributed by atoms with van der Waals surface area (Å²) >= 11 is 0. The minimum atomic E-state index is 0.0758. The van der Waals surface area contributed by atoms with Gasteiger partial charge in [0.1, 0.15) is 0 Å². The maximum atomic E-state index is 10.5. The molecular weight excluding hydrogens is 150 g/mol. The zero-order chi connectivity index (χ0) is 9.98. The van der Waals surface area contributed by atoms with E-state index in [2.05, 4.69) is 19.2 Å². The molecule has 0 fully saturated rings. The van der Waals surface area contributed by atoms with Crippen molar-refractivity contribution in [3.05, 3.63) is 0 Å². The Morgan fingerprint density at radius 3 is 1.92 bits per heavy atom. The third-order valence-corrected chi connectivity index (χ3v) is 1.79. The Labute approximate surface area is 76.7 Å². The van der Waals surface area contributed by atoms with Crippen LogP contribution in [-0.4, -0.2) is 12.5 Å². The molecule has 12 heavy (non-hydrogen) atoms. The standard InChI is InChI=1S/C8H17NO.C2H6/c1-4-8(5-2)6-9-7(3)10;1-2/h8H,4-6H2,1-3H3,(H,9,10);1-2H3. The molecule has 0 aromatic carbocycles. The second-order valence-electron chi connectivity index (χ2n) is 2.62. The highest BCUT2D eigenvalue weighted by atomic mass is 16.1. The summed E-state index contributed by atoms with van der Waals surface area (Å²) in [6, 6.07) is 0. The van der Waals surface area contributed by atoms with Crippen molar-refractivity contribution in [3.63, 3.8) is 0 Å². The fourth-order valence-corrected chi connectivity index (χ4v) is 0.865. The van der Waals surface area contributed by atoms with E-state index in [9.17, 15) is 4.79 Å². The lowest BCUT2D eigenvalue weighted by Gasteiger charge is -2.11. The molecule has 0 aromatic heterocycles. The van der Waals surface area contributed by atoms with Gasteiger partial charge in [-0.1, -0.05) is 40.5 Å². The van der Waals surface area contributed by atoms with Crippen LogP contribution in [0.1, 0.15) is 47.5 Å². The Hall–Kier alpha value is -0.530. The average molecular weight is 173 g/mol. The summed E-state index contributed by atoms with van der Waals surface area (Å²) in [6.45, 7) is 10.7. The Kier molecular flexibility index (Phi) is 12.2. The van der Waals surface area contributed by atoms with E-state index in [1.807, 2.05) is 13.8 Å². The molecule has 74 valence electrons. The van der Waals surface area contributed by atoms with E-state index in [0.29, 0.717) is 5.92 Å². The summed E-state index contributed by atoms with van der Waals surface area (Å²) in [5.74, 6) is 0.732. The Balaban J connectivity index is 0. The molecule has 1 N–H and O–H groups in total. The Morgan fingerprint density at radius 2 is 1.67 bits per heavy atom. The summed E-state index contributed by atoms with van der Waals surface area (Å²) < 4.78 is 0. The molecule has 0 unspecified atom stereocenters. The number of carbonyl (C=O) groups excluding carboxylic acids is 1. The summed E-state index contributed by atoms with van der Waals surface area (Å²) in [6.07, 6.45) is 2.30. The maximum Gasteiger partial charge on any atom is 0.216 e. The van der Waals surface area contributed by atoms with Crippen LogP contribution in [0.25, 0.3) is 0 Å². The van der Waals surface area contributed by atoms with Gasteiger partial charge in [-0.25, -0.2) is 0 Å². The lowest BCUT2D eigenvalue weighted by molar-refractivity contribution is -0.119. The molecule has 0 spiro atoms. The second-order valence-corrected chi connectivity index (χ2v) is 2.62. The van der Waals surface area contributed by atoms with E-state index in [-0.39, 0.29) is 5.91 Å². The van der Waals surface area contributed by atoms with Crippen LogP contribution in [0.5, 0.6) is 0 Å². The molecule has 2 nitrogen and oxygen atoms in total. The number of amides is 1. The predicted octanol–water partition coefficient (Wildman–Crippen LogP) is 2.58. The van der Waals surface area contributed by atoms with E-state index >= 15 is 0 Å². The van der Waals surface area contributed by atoms with E-state index in [4.69, 9.17) is 0 Å². The van der Waals surface area contributed by atoms with Crippen molar-refractivity contribution in [2.24, 2.45) is 5.92 Å². The van der Waals surface area contributed by atoms with Gasteiger partial charge in [-0.2, -0.15) is 0 Å². The summed E-state index contributed by atoms with van der Waals surface area (Å²) in [7, 11) is 0. The van der Waals surface area contributed by atoms with E-state index in [1.165, 1.54) is 0 Å². The van der Waals surface area contributed by atoms with Crippen molar-refractivity contribution in [2.45, 2.75) is 47.5 Å². The lowest BCUT2D eigenvalue weighted by atomic mass is 10.0. The first kappa shape index (κ1) is 14.0. The normalized spacial score (nSPS) is 8.83. The molecule has 0 aliphatic carbocycles. The predicted molar refractivity (Wildman–Crippen MR) is 54.1 cm³/mol.